The van der Waals surface area contributed by atoms with Crippen LogP contribution in [0.15, 0.2) is 48.5 Å². The number of hydrogen-bond donors (Lipinski definition) is 0. The number of amides is 1. The van der Waals surface area contributed by atoms with E-state index in [1.165, 1.54) is 0 Å². The van der Waals surface area contributed by atoms with Crippen molar-refractivity contribution in [3.05, 3.63) is 54.1 Å². The molecule has 7 heteroatoms. The fourth-order valence-electron chi connectivity index (χ4n) is 4.55. The number of carbonyl (C=O) groups is 2. The Kier molecular flexibility index (Phi) is 6.67. The third kappa shape index (κ3) is 4.19. The Morgan fingerprint density at radius 2 is 1.79 bits per heavy atom. The van der Waals surface area contributed by atoms with Gasteiger partial charge in [-0.25, -0.2) is 4.98 Å². The summed E-state index contributed by atoms with van der Waals surface area (Å²) in [6.07, 6.45) is 2.90. The van der Waals surface area contributed by atoms with E-state index in [1.807, 2.05) is 67.5 Å². The molecule has 0 spiro atoms. The lowest BCUT2D eigenvalue weighted by Gasteiger charge is -2.38. The van der Waals surface area contributed by atoms with Gasteiger partial charge < -0.3 is 14.2 Å². The molecule has 0 unspecified atom stereocenters. The van der Waals surface area contributed by atoms with Crippen LogP contribution in [0.2, 0.25) is 0 Å². The minimum atomic E-state index is -0.970. The molecule has 0 saturated carbocycles. The smallest absolute Gasteiger partial charge is 0.321 e. The number of aromatic nitrogens is 2. The van der Waals surface area contributed by atoms with Crippen molar-refractivity contribution in [2.45, 2.75) is 39.2 Å². The van der Waals surface area contributed by atoms with Gasteiger partial charge >= 0.3 is 5.97 Å². The second-order valence-corrected chi connectivity index (χ2v) is 8.63. The molecule has 0 fully saturated rings. The largest absolute Gasteiger partial charge is 0.465 e. The highest BCUT2D eigenvalue weighted by Crippen LogP contribution is 2.41. The first-order valence-electron chi connectivity index (χ1n) is 11.7. The average Bonchev–Trinajstić information content (AvgIpc) is 3.19. The van der Waals surface area contributed by atoms with E-state index >= 15 is 0 Å². The molecule has 3 aromatic rings. The lowest BCUT2D eigenvalue weighted by atomic mass is 9.89. The zero-order valence-corrected chi connectivity index (χ0v) is 19.8. The minimum Gasteiger partial charge on any atom is -0.465 e. The number of para-hydroxylation sites is 2. The number of fused-ring (bicyclic) bond motifs is 3. The summed E-state index contributed by atoms with van der Waals surface area (Å²) in [5, 5.41) is 0. The molecule has 0 saturated heterocycles. The van der Waals surface area contributed by atoms with E-state index in [2.05, 4.69) is 11.5 Å². The average molecular weight is 449 g/mol. The topological polar surface area (TPSA) is 67.7 Å². The molecule has 2 aromatic carbocycles. The molecule has 7 nitrogen and oxygen atoms in total. The van der Waals surface area contributed by atoms with Crippen molar-refractivity contribution in [2.24, 2.45) is 5.92 Å². The van der Waals surface area contributed by atoms with E-state index in [1.54, 1.807) is 11.8 Å². The van der Waals surface area contributed by atoms with Gasteiger partial charge in [-0.05, 0) is 43.2 Å². The number of esters is 1. The highest BCUT2D eigenvalue weighted by atomic mass is 16.5. The van der Waals surface area contributed by atoms with Crippen LogP contribution in [-0.4, -0.2) is 48.7 Å². The third-order valence-electron chi connectivity index (χ3n) is 6.22. The highest BCUT2D eigenvalue weighted by Gasteiger charge is 2.47. The Morgan fingerprint density at radius 1 is 1.06 bits per heavy atom. The summed E-state index contributed by atoms with van der Waals surface area (Å²) in [5.74, 6) is -1.11. The standard InChI is InChI=1S/C26H32N4O3/c1-5-7-10-17-29-24(31)22(25(32)33-6-2)23(18-13-15-19(16-14-18)28(3)4)30-21-12-9-8-11-20(21)27-26(29)30/h8-9,11-16,22-23H,5-7,10,17H2,1-4H3/t22-,23+/m1/s1. The quantitative estimate of drug-likeness (QED) is 0.290. The van der Waals surface area contributed by atoms with E-state index in [9.17, 15) is 9.59 Å². The van der Waals surface area contributed by atoms with E-state index < -0.39 is 17.9 Å². The summed E-state index contributed by atoms with van der Waals surface area (Å²) in [6.45, 7) is 4.64. The Hall–Kier alpha value is -3.35. The monoisotopic (exact) mass is 448 g/mol. The molecule has 0 N–H and O–H groups in total. The van der Waals surface area contributed by atoms with Gasteiger partial charge in [-0.2, -0.15) is 0 Å². The number of benzene rings is 2. The van der Waals surface area contributed by atoms with Crippen LogP contribution < -0.4 is 9.80 Å². The Morgan fingerprint density at radius 3 is 2.45 bits per heavy atom. The van der Waals surface area contributed by atoms with Crippen LogP contribution >= 0.6 is 0 Å². The first kappa shape index (κ1) is 22.8. The van der Waals surface area contributed by atoms with Crippen molar-refractivity contribution in [3.8, 4) is 0 Å². The van der Waals surface area contributed by atoms with Crippen LogP contribution in [0.3, 0.4) is 0 Å². The molecule has 1 aromatic heterocycles. The Balaban J connectivity index is 1.91. The maximum atomic E-state index is 13.8. The van der Waals surface area contributed by atoms with E-state index in [4.69, 9.17) is 9.72 Å². The summed E-state index contributed by atoms with van der Waals surface area (Å²) < 4.78 is 7.47. The van der Waals surface area contributed by atoms with Crippen molar-refractivity contribution < 1.29 is 14.3 Å². The van der Waals surface area contributed by atoms with Gasteiger partial charge in [0, 0.05) is 26.3 Å². The van der Waals surface area contributed by atoms with Gasteiger partial charge in [-0.1, -0.05) is 44.0 Å². The van der Waals surface area contributed by atoms with Crippen LogP contribution in [0.1, 0.15) is 44.7 Å². The predicted molar refractivity (Wildman–Crippen MR) is 131 cm³/mol. The summed E-state index contributed by atoms with van der Waals surface area (Å²) in [5.41, 5.74) is 3.63. The number of hydrogen-bond acceptors (Lipinski definition) is 5. The summed E-state index contributed by atoms with van der Waals surface area (Å²) in [6, 6.07) is 15.3. The van der Waals surface area contributed by atoms with Crippen LogP contribution in [0.4, 0.5) is 11.6 Å². The molecule has 1 aliphatic heterocycles. The van der Waals surface area contributed by atoms with Crippen LogP contribution in [0, 0.1) is 5.92 Å². The van der Waals surface area contributed by atoms with Gasteiger partial charge in [0.25, 0.3) is 0 Å². The fraction of sp³-hybridized carbons (Fsp3) is 0.423. The second-order valence-electron chi connectivity index (χ2n) is 8.63. The molecule has 2 atom stereocenters. The number of anilines is 2. The summed E-state index contributed by atoms with van der Waals surface area (Å²) in [4.78, 5) is 35.5. The Labute approximate surface area is 195 Å². The number of imidazole rings is 1. The third-order valence-corrected chi connectivity index (χ3v) is 6.22. The number of carbonyl (C=O) groups excluding carboxylic acids is 2. The number of ether oxygens (including phenoxy) is 1. The normalized spacial score (nSPS) is 17.8. The molecule has 0 bridgehead atoms. The lowest BCUT2D eigenvalue weighted by molar-refractivity contribution is -0.153. The van der Waals surface area contributed by atoms with Gasteiger partial charge in [0.1, 0.15) is 0 Å². The van der Waals surface area contributed by atoms with Crippen molar-refractivity contribution in [1.29, 1.82) is 0 Å². The molecule has 0 aliphatic carbocycles. The highest BCUT2D eigenvalue weighted by molar-refractivity contribution is 6.08. The number of rotatable bonds is 8. The zero-order chi connectivity index (χ0) is 23.5. The summed E-state index contributed by atoms with van der Waals surface area (Å²) in [7, 11) is 3.96. The number of nitrogens with zero attached hydrogens (tertiary/aromatic N) is 4. The van der Waals surface area contributed by atoms with Crippen LogP contribution in [-0.2, 0) is 14.3 Å². The molecule has 1 amide bonds. The van der Waals surface area contributed by atoms with Crippen LogP contribution in [0.25, 0.3) is 11.0 Å². The zero-order valence-electron chi connectivity index (χ0n) is 19.8. The maximum absolute atomic E-state index is 13.8. The van der Waals surface area contributed by atoms with Gasteiger partial charge in [0.15, 0.2) is 5.92 Å². The molecular weight excluding hydrogens is 416 g/mol. The van der Waals surface area contributed by atoms with Crippen molar-refractivity contribution in [3.63, 3.8) is 0 Å². The number of unbranched alkanes of at least 4 members (excludes halogenated alkanes) is 2. The molecular formula is C26H32N4O3. The van der Waals surface area contributed by atoms with Gasteiger partial charge in [0.05, 0.1) is 23.7 Å². The second kappa shape index (κ2) is 9.65. The van der Waals surface area contributed by atoms with E-state index in [-0.39, 0.29) is 12.5 Å². The van der Waals surface area contributed by atoms with E-state index in [0.29, 0.717) is 12.5 Å². The SMILES string of the molecule is CCCCCN1C(=O)[C@H](C(=O)OCC)[C@H](c2ccc(N(C)C)cc2)n2c1nc1ccccc12. The first-order valence-corrected chi connectivity index (χ1v) is 11.7. The Bertz CT molecular complexity index is 1140. The minimum absolute atomic E-state index is 0.224. The first-order chi connectivity index (χ1) is 16.0. The van der Waals surface area contributed by atoms with Gasteiger partial charge in [0.2, 0.25) is 11.9 Å². The van der Waals surface area contributed by atoms with Crippen LogP contribution in [0.5, 0.6) is 0 Å². The van der Waals surface area contributed by atoms with Crippen molar-refractivity contribution in [1.82, 2.24) is 9.55 Å². The van der Waals surface area contributed by atoms with Gasteiger partial charge in [-0.3, -0.25) is 14.5 Å². The molecule has 1 aliphatic rings. The molecule has 33 heavy (non-hydrogen) atoms. The fourth-order valence-corrected chi connectivity index (χ4v) is 4.55. The predicted octanol–water partition coefficient (Wildman–Crippen LogP) is 4.41. The van der Waals surface area contributed by atoms with E-state index in [0.717, 1.165) is 41.5 Å². The van der Waals surface area contributed by atoms with Crippen molar-refractivity contribution in [2.75, 3.05) is 37.0 Å². The molecule has 174 valence electrons. The lowest BCUT2D eigenvalue weighted by Crippen LogP contribution is -2.50. The summed E-state index contributed by atoms with van der Waals surface area (Å²) >= 11 is 0. The maximum Gasteiger partial charge on any atom is 0.321 e. The molecule has 4 rings (SSSR count). The van der Waals surface area contributed by atoms with Gasteiger partial charge in [-0.15, -0.1) is 0 Å². The van der Waals surface area contributed by atoms with Crippen molar-refractivity contribution >= 4 is 34.5 Å². The molecule has 0 radical (unpaired) electrons. The molecule has 2 heterocycles.